The molecule has 0 radical (unpaired) electrons. The Morgan fingerprint density at radius 1 is 1.24 bits per heavy atom. The molecule has 0 saturated heterocycles. The molecule has 92 valence electrons. The molecule has 0 fully saturated rings. The van der Waals surface area contributed by atoms with Crippen LogP contribution in [0.1, 0.15) is 5.56 Å². The van der Waals surface area contributed by atoms with E-state index in [1.807, 2.05) is 30.3 Å². The van der Waals surface area contributed by atoms with Crippen molar-refractivity contribution < 1.29 is 4.79 Å². The van der Waals surface area contributed by atoms with Crippen molar-refractivity contribution >= 4 is 29.1 Å². The molecule has 1 aromatic rings. The standard InChI is InChI=1S/C12H14Cl2N2O/c13-6-11(14)8-15-9-12(17)16-7-10-4-2-1-3-5-10/h1-6,15H,7-9H2,(H,16,17). The second-order valence-electron chi connectivity index (χ2n) is 3.42. The first-order valence-corrected chi connectivity index (χ1v) is 6.00. The third-order valence-electron chi connectivity index (χ3n) is 2.03. The van der Waals surface area contributed by atoms with Gasteiger partial charge in [-0.1, -0.05) is 53.5 Å². The van der Waals surface area contributed by atoms with Crippen LogP contribution in [0, 0.1) is 0 Å². The Bertz CT molecular complexity index is 379. The Kier molecular flexibility index (Phi) is 6.70. The van der Waals surface area contributed by atoms with Gasteiger partial charge in [0.25, 0.3) is 0 Å². The third kappa shape index (κ3) is 6.31. The molecule has 0 aliphatic carbocycles. The molecule has 5 heteroatoms. The number of amides is 1. The fraction of sp³-hybridized carbons (Fsp3) is 0.250. The number of rotatable bonds is 6. The number of hydrogen-bond acceptors (Lipinski definition) is 2. The van der Waals surface area contributed by atoms with E-state index >= 15 is 0 Å². The van der Waals surface area contributed by atoms with Gasteiger partial charge in [0.15, 0.2) is 0 Å². The van der Waals surface area contributed by atoms with E-state index in [1.54, 1.807) is 0 Å². The molecule has 0 aliphatic heterocycles. The summed E-state index contributed by atoms with van der Waals surface area (Å²) in [6, 6.07) is 9.73. The van der Waals surface area contributed by atoms with Gasteiger partial charge in [-0.15, -0.1) is 0 Å². The summed E-state index contributed by atoms with van der Waals surface area (Å²) in [6.07, 6.45) is 0. The van der Waals surface area contributed by atoms with Crippen LogP contribution in [0.4, 0.5) is 0 Å². The molecule has 1 rings (SSSR count). The zero-order valence-corrected chi connectivity index (χ0v) is 10.8. The number of hydrogen-bond donors (Lipinski definition) is 2. The molecule has 1 amide bonds. The average Bonchev–Trinajstić information content (AvgIpc) is 2.37. The van der Waals surface area contributed by atoms with E-state index < -0.39 is 0 Å². The summed E-state index contributed by atoms with van der Waals surface area (Å²) in [4.78, 5) is 11.4. The number of carbonyl (C=O) groups is 1. The number of benzene rings is 1. The Balaban J connectivity index is 2.18. The maximum absolute atomic E-state index is 11.4. The number of carbonyl (C=O) groups excluding carboxylic acids is 1. The van der Waals surface area contributed by atoms with Gasteiger partial charge >= 0.3 is 0 Å². The topological polar surface area (TPSA) is 41.1 Å². The van der Waals surface area contributed by atoms with Crippen LogP contribution in [-0.4, -0.2) is 19.0 Å². The van der Waals surface area contributed by atoms with Crippen molar-refractivity contribution in [3.05, 3.63) is 46.5 Å². The van der Waals surface area contributed by atoms with Crippen molar-refractivity contribution in [3.63, 3.8) is 0 Å². The normalized spacial score (nSPS) is 11.3. The monoisotopic (exact) mass is 272 g/mol. The molecular weight excluding hydrogens is 259 g/mol. The van der Waals surface area contributed by atoms with Crippen LogP contribution in [0.2, 0.25) is 0 Å². The second-order valence-corrected chi connectivity index (χ2v) is 4.13. The summed E-state index contributed by atoms with van der Waals surface area (Å²) in [5, 5.41) is 6.14. The maximum atomic E-state index is 11.4. The Morgan fingerprint density at radius 2 is 1.94 bits per heavy atom. The number of halogens is 2. The molecule has 0 spiro atoms. The summed E-state index contributed by atoms with van der Waals surface area (Å²) < 4.78 is 0. The predicted octanol–water partition coefficient (Wildman–Crippen LogP) is 2.21. The molecule has 17 heavy (non-hydrogen) atoms. The smallest absolute Gasteiger partial charge is 0.234 e. The average molecular weight is 273 g/mol. The minimum atomic E-state index is -0.0760. The number of nitrogens with one attached hydrogen (secondary N) is 2. The van der Waals surface area contributed by atoms with Crippen LogP contribution in [0.5, 0.6) is 0 Å². The largest absolute Gasteiger partial charge is 0.351 e. The fourth-order valence-corrected chi connectivity index (χ4v) is 1.36. The van der Waals surface area contributed by atoms with Gasteiger partial charge in [0.1, 0.15) is 0 Å². The lowest BCUT2D eigenvalue weighted by Gasteiger charge is -2.06. The second kappa shape index (κ2) is 8.12. The summed E-state index contributed by atoms with van der Waals surface area (Å²) in [6.45, 7) is 1.14. The van der Waals surface area contributed by atoms with Crippen molar-refractivity contribution in [2.24, 2.45) is 0 Å². The molecular formula is C12H14Cl2N2O. The van der Waals surface area contributed by atoms with Gasteiger partial charge in [-0.05, 0) is 5.56 Å². The van der Waals surface area contributed by atoms with Crippen molar-refractivity contribution in [2.75, 3.05) is 13.1 Å². The van der Waals surface area contributed by atoms with Crippen LogP contribution >= 0.6 is 23.2 Å². The van der Waals surface area contributed by atoms with Crippen molar-refractivity contribution in [1.82, 2.24) is 10.6 Å². The van der Waals surface area contributed by atoms with Crippen molar-refractivity contribution in [2.45, 2.75) is 6.54 Å². The van der Waals surface area contributed by atoms with E-state index in [2.05, 4.69) is 10.6 Å². The van der Waals surface area contributed by atoms with Gasteiger partial charge in [-0.3, -0.25) is 4.79 Å². The zero-order chi connectivity index (χ0) is 12.5. The van der Waals surface area contributed by atoms with Crippen molar-refractivity contribution in [1.29, 1.82) is 0 Å². The molecule has 3 nitrogen and oxygen atoms in total. The first kappa shape index (κ1) is 14.0. The lowest BCUT2D eigenvalue weighted by molar-refractivity contribution is -0.120. The lowest BCUT2D eigenvalue weighted by atomic mass is 10.2. The first-order chi connectivity index (χ1) is 8.22. The first-order valence-electron chi connectivity index (χ1n) is 5.18. The lowest BCUT2D eigenvalue weighted by Crippen LogP contribution is -2.33. The highest BCUT2D eigenvalue weighted by Crippen LogP contribution is 2.00. The molecule has 2 N–H and O–H groups in total. The van der Waals surface area contributed by atoms with Gasteiger partial charge in [-0.2, -0.15) is 0 Å². The maximum Gasteiger partial charge on any atom is 0.234 e. The molecule has 0 bridgehead atoms. The summed E-state index contributed by atoms with van der Waals surface area (Å²) >= 11 is 11.0. The molecule has 0 saturated carbocycles. The Hall–Kier alpha value is -1.03. The highest BCUT2D eigenvalue weighted by molar-refractivity contribution is 6.36. The molecule has 0 heterocycles. The summed E-state index contributed by atoms with van der Waals surface area (Å²) in [5.74, 6) is -0.0760. The van der Waals surface area contributed by atoms with Gasteiger partial charge in [0.2, 0.25) is 5.91 Å². The Labute approximate surface area is 111 Å². The van der Waals surface area contributed by atoms with Crippen LogP contribution in [-0.2, 0) is 11.3 Å². The van der Waals surface area contributed by atoms with Crippen LogP contribution in [0.3, 0.4) is 0 Å². The summed E-state index contributed by atoms with van der Waals surface area (Å²) in [5.41, 5.74) is 2.34. The highest BCUT2D eigenvalue weighted by atomic mass is 35.5. The van der Waals surface area contributed by atoms with E-state index in [-0.39, 0.29) is 12.5 Å². The van der Waals surface area contributed by atoms with E-state index in [1.165, 1.54) is 5.54 Å². The zero-order valence-electron chi connectivity index (χ0n) is 9.25. The Morgan fingerprint density at radius 3 is 2.59 bits per heavy atom. The third-order valence-corrected chi connectivity index (χ3v) is 2.65. The van der Waals surface area contributed by atoms with E-state index in [9.17, 15) is 4.79 Å². The molecule has 0 aliphatic rings. The van der Waals surface area contributed by atoms with Crippen LogP contribution < -0.4 is 10.6 Å². The van der Waals surface area contributed by atoms with Gasteiger partial charge < -0.3 is 10.6 Å². The fourth-order valence-electron chi connectivity index (χ4n) is 1.19. The van der Waals surface area contributed by atoms with Gasteiger partial charge in [0, 0.05) is 23.7 Å². The van der Waals surface area contributed by atoms with E-state index in [4.69, 9.17) is 23.2 Å². The predicted molar refractivity (Wildman–Crippen MR) is 70.9 cm³/mol. The molecule has 0 atom stereocenters. The van der Waals surface area contributed by atoms with E-state index in [0.29, 0.717) is 18.1 Å². The molecule has 0 unspecified atom stereocenters. The summed E-state index contributed by atoms with van der Waals surface area (Å²) in [7, 11) is 0. The SMILES string of the molecule is O=C(CNCC(Cl)=CCl)NCc1ccccc1. The minimum absolute atomic E-state index is 0.0760. The minimum Gasteiger partial charge on any atom is -0.351 e. The van der Waals surface area contributed by atoms with Crippen LogP contribution in [0.15, 0.2) is 40.9 Å². The molecule has 1 aromatic carbocycles. The quantitative estimate of drug-likeness (QED) is 0.834. The molecule has 0 aromatic heterocycles. The van der Waals surface area contributed by atoms with Crippen LogP contribution in [0.25, 0.3) is 0 Å². The van der Waals surface area contributed by atoms with E-state index in [0.717, 1.165) is 5.56 Å². The van der Waals surface area contributed by atoms with Gasteiger partial charge in [-0.25, -0.2) is 0 Å². The highest BCUT2D eigenvalue weighted by Gasteiger charge is 2.00. The van der Waals surface area contributed by atoms with Crippen molar-refractivity contribution in [3.8, 4) is 0 Å². The van der Waals surface area contributed by atoms with Gasteiger partial charge in [0.05, 0.1) is 6.54 Å².